The van der Waals surface area contributed by atoms with Crippen molar-refractivity contribution in [3.63, 3.8) is 0 Å². The Labute approximate surface area is 127 Å². The van der Waals surface area contributed by atoms with Crippen LogP contribution in [0.4, 0.5) is 5.13 Å². The number of anilines is 1. The molecule has 1 aromatic heterocycles. The fraction of sp³-hybridized carbons (Fsp3) is 0.812. The van der Waals surface area contributed by atoms with E-state index >= 15 is 0 Å². The fourth-order valence-electron chi connectivity index (χ4n) is 2.44. The minimum absolute atomic E-state index is 0.775. The standard InChI is InChI=1S/C16H29N3S/c1-4-7-14-15(12-17-13-8-9-13)20-16(18-14)19(10-5-2)11-6-3/h13,17H,4-12H2,1-3H3. The first-order chi connectivity index (χ1) is 9.78. The van der Waals surface area contributed by atoms with Gasteiger partial charge in [-0.1, -0.05) is 27.2 Å². The van der Waals surface area contributed by atoms with Crippen molar-refractivity contribution in [1.82, 2.24) is 10.3 Å². The molecule has 1 aliphatic carbocycles. The maximum Gasteiger partial charge on any atom is 0.185 e. The van der Waals surface area contributed by atoms with Gasteiger partial charge in [0.15, 0.2) is 5.13 Å². The van der Waals surface area contributed by atoms with Crippen LogP contribution >= 0.6 is 11.3 Å². The van der Waals surface area contributed by atoms with Crippen LogP contribution in [0.2, 0.25) is 0 Å². The highest BCUT2D eigenvalue weighted by Gasteiger charge is 2.22. The molecule has 3 nitrogen and oxygen atoms in total. The highest BCUT2D eigenvalue weighted by atomic mass is 32.1. The first-order valence-corrected chi connectivity index (χ1v) is 9.07. The van der Waals surface area contributed by atoms with Gasteiger partial charge in [-0.2, -0.15) is 0 Å². The molecule has 0 radical (unpaired) electrons. The number of thiazole rings is 1. The maximum atomic E-state index is 4.94. The Balaban J connectivity index is 2.07. The van der Waals surface area contributed by atoms with Crippen LogP contribution in [0.5, 0.6) is 0 Å². The molecule has 0 spiro atoms. The molecule has 0 aromatic carbocycles. The van der Waals surface area contributed by atoms with Gasteiger partial charge in [-0.15, -0.1) is 11.3 Å². The van der Waals surface area contributed by atoms with E-state index in [0.717, 1.165) is 32.1 Å². The Morgan fingerprint density at radius 1 is 1.15 bits per heavy atom. The topological polar surface area (TPSA) is 28.2 Å². The minimum atomic E-state index is 0.775. The molecule has 0 saturated heterocycles. The van der Waals surface area contributed by atoms with E-state index in [2.05, 4.69) is 31.0 Å². The third kappa shape index (κ3) is 4.45. The van der Waals surface area contributed by atoms with Crippen LogP contribution in [0.1, 0.15) is 63.4 Å². The highest BCUT2D eigenvalue weighted by molar-refractivity contribution is 7.15. The predicted octanol–water partition coefficient (Wildman–Crippen LogP) is 3.97. The van der Waals surface area contributed by atoms with Crippen molar-refractivity contribution in [2.24, 2.45) is 0 Å². The van der Waals surface area contributed by atoms with Crippen LogP contribution in [-0.4, -0.2) is 24.1 Å². The monoisotopic (exact) mass is 295 g/mol. The van der Waals surface area contributed by atoms with Crippen molar-refractivity contribution in [3.8, 4) is 0 Å². The molecule has 1 fully saturated rings. The lowest BCUT2D eigenvalue weighted by Crippen LogP contribution is -2.24. The Morgan fingerprint density at radius 3 is 2.40 bits per heavy atom. The van der Waals surface area contributed by atoms with Gasteiger partial charge in [0.2, 0.25) is 0 Å². The quantitative estimate of drug-likeness (QED) is 0.708. The largest absolute Gasteiger partial charge is 0.348 e. The fourth-order valence-corrected chi connectivity index (χ4v) is 3.55. The third-order valence-electron chi connectivity index (χ3n) is 3.64. The van der Waals surface area contributed by atoms with Crippen molar-refractivity contribution in [2.45, 2.75) is 71.9 Å². The molecule has 2 rings (SSSR count). The molecule has 0 aliphatic heterocycles. The van der Waals surface area contributed by atoms with Crippen molar-refractivity contribution in [3.05, 3.63) is 10.6 Å². The highest BCUT2D eigenvalue weighted by Crippen LogP contribution is 2.29. The van der Waals surface area contributed by atoms with Gasteiger partial charge in [-0.25, -0.2) is 4.98 Å². The van der Waals surface area contributed by atoms with Gasteiger partial charge in [-0.05, 0) is 32.1 Å². The van der Waals surface area contributed by atoms with E-state index in [-0.39, 0.29) is 0 Å². The van der Waals surface area contributed by atoms with Crippen LogP contribution in [0.15, 0.2) is 0 Å². The summed E-state index contributed by atoms with van der Waals surface area (Å²) in [4.78, 5) is 8.87. The first-order valence-electron chi connectivity index (χ1n) is 8.25. The van der Waals surface area contributed by atoms with Crippen molar-refractivity contribution >= 4 is 16.5 Å². The average Bonchev–Trinajstić information content (AvgIpc) is 3.18. The molecule has 1 aliphatic rings. The molecule has 20 heavy (non-hydrogen) atoms. The number of nitrogens with one attached hydrogen (secondary N) is 1. The Hall–Kier alpha value is -0.610. The number of hydrogen-bond acceptors (Lipinski definition) is 4. The van der Waals surface area contributed by atoms with Crippen LogP contribution in [0.25, 0.3) is 0 Å². The van der Waals surface area contributed by atoms with Gasteiger partial charge in [0, 0.05) is 30.6 Å². The van der Waals surface area contributed by atoms with Crippen LogP contribution in [0.3, 0.4) is 0 Å². The molecule has 1 N–H and O–H groups in total. The second-order valence-corrected chi connectivity index (χ2v) is 6.82. The van der Waals surface area contributed by atoms with Gasteiger partial charge in [0.25, 0.3) is 0 Å². The third-order valence-corrected chi connectivity index (χ3v) is 4.80. The van der Waals surface area contributed by atoms with Gasteiger partial charge in [0.05, 0.1) is 5.69 Å². The molecule has 1 saturated carbocycles. The van der Waals surface area contributed by atoms with E-state index in [9.17, 15) is 0 Å². The van der Waals surface area contributed by atoms with E-state index in [4.69, 9.17) is 4.98 Å². The van der Waals surface area contributed by atoms with E-state index < -0.39 is 0 Å². The van der Waals surface area contributed by atoms with Crippen molar-refractivity contribution in [1.29, 1.82) is 0 Å². The number of aryl methyl sites for hydroxylation is 1. The SMILES string of the molecule is CCCc1nc(N(CCC)CCC)sc1CNC1CC1. The predicted molar refractivity (Wildman–Crippen MR) is 88.8 cm³/mol. The van der Waals surface area contributed by atoms with Crippen molar-refractivity contribution in [2.75, 3.05) is 18.0 Å². The summed E-state index contributed by atoms with van der Waals surface area (Å²) in [5.41, 5.74) is 1.33. The molecular weight excluding hydrogens is 266 g/mol. The zero-order valence-electron chi connectivity index (χ0n) is 13.2. The zero-order chi connectivity index (χ0) is 14.4. The molecule has 0 atom stereocenters. The molecular formula is C16H29N3S. The van der Waals surface area contributed by atoms with Crippen LogP contribution in [-0.2, 0) is 13.0 Å². The summed E-state index contributed by atoms with van der Waals surface area (Å²) in [7, 11) is 0. The molecule has 4 heteroatoms. The lowest BCUT2D eigenvalue weighted by Gasteiger charge is -2.20. The van der Waals surface area contributed by atoms with Crippen LogP contribution < -0.4 is 10.2 Å². The summed E-state index contributed by atoms with van der Waals surface area (Å²) in [6.07, 6.45) is 7.39. The molecule has 1 heterocycles. The number of rotatable bonds is 10. The average molecular weight is 295 g/mol. The summed E-state index contributed by atoms with van der Waals surface area (Å²) in [5.74, 6) is 0. The number of hydrogen-bond donors (Lipinski definition) is 1. The van der Waals surface area contributed by atoms with E-state index in [1.807, 2.05) is 11.3 Å². The normalized spacial score (nSPS) is 14.8. The number of aromatic nitrogens is 1. The van der Waals surface area contributed by atoms with Crippen LogP contribution in [0, 0.1) is 0 Å². The molecule has 114 valence electrons. The number of nitrogens with zero attached hydrogens (tertiary/aromatic N) is 2. The van der Waals surface area contributed by atoms with E-state index in [1.165, 1.54) is 47.8 Å². The lowest BCUT2D eigenvalue weighted by molar-refractivity contribution is 0.686. The summed E-state index contributed by atoms with van der Waals surface area (Å²) in [5, 5.41) is 4.88. The Bertz CT molecular complexity index is 392. The maximum absolute atomic E-state index is 4.94. The molecule has 0 unspecified atom stereocenters. The summed E-state index contributed by atoms with van der Waals surface area (Å²) in [6, 6.07) is 0.775. The zero-order valence-corrected chi connectivity index (χ0v) is 14.1. The summed E-state index contributed by atoms with van der Waals surface area (Å²) in [6.45, 7) is 10.0. The molecule has 0 amide bonds. The molecule has 1 aromatic rings. The van der Waals surface area contributed by atoms with Gasteiger partial charge in [-0.3, -0.25) is 0 Å². The minimum Gasteiger partial charge on any atom is -0.348 e. The smallest absolute Gasteiger partial charge is 0.185 e. The Kier molecular flexibility index (Phi) is 6.30. The van der Waals surface area contributed by atoms with Gasteiger partial charge >= 0.3 is 0 Å². The van der Waals surface area contributed by atoms with E-state index in [1.54, 1.807) is 0 Å². The second-order valence-electron chi connectivity index (χ2n) is 5.76. The summed E-state index contributed by atoms with van der Waals surface area (Å²) < 4.78 is 0. The van der Waals surface area contributed by atoms with Crippen molar-refractivity contribution < 1.29 is 0 Å². The second kappa shape index (κ2) is 7.99. The lowest BCUT2D eigenvalue weighted by atomic mass is 10.2. The van der Waals surface area contributed by atoms with E-state index in [0.29, 0.717) is 0 Å². The van der Waals surface area contributed by atoms with Gasteiger partial charge < -0.3 is 10.2 Å². The van der Waals surface area contributed by atoms with Gasteiger partial charge in [0.1, 0.15) is 0 Å². The summed E-state index contributed by atoms with van der Waals surface area (Å²) >= 11 is 1.91. The molecule has 0 bridgehead atoms. The first kappa shape index (κ1) is 15.8. The Morgan fingerprint density at radius 2 is 1.85 bits per heavy atom.